The summed E-state index contributed by atoms with van der Waals surface area (Å²) in [6.07, 6.45) is 1.85. The van der Waals surface area contributed by atoms with E-state index >= 15 is 0 Å². The maximum atomic E-state index is 12.8. The maximum Gasteiger partial charge on any atom is 0.325 e. The summed E-state index contributed by atoms with van der Waals surface area (Å²) < 4.78 is 16.0. The Morgan fingerprint density at radius 1 is 0.935 bits per heavy atom. The Balaban J connectivity index is 1.30. The quantitative estimate of drug-likeness (QED) is 0.485. The predicted octanol–water partition coefficient (Wildman–Crippen LogP) is 2.55. The molecule has 2 aromatic carbocycles. The maximum absolute atomic E-state index is 12.8. The highest BCUT2D eigenvalue weighted by Gasteiger charge is 2.24. The van der Waals surface area contributed by atoms with Crippen molar-refractivity contribution in [1.82, 2.24) is 14.8 Å². The molecule has 162 valence electrons. The van der Waals surface area contributed by atoms with Gasteiger partial charge in [0, 0.05) is 48.8 Å². The van der Waals surface area contributed by atoms with Gasteiger partial charge in [0.2, 0.25) is 0 Å². The average Bonchev–Trinajstić information content (AvgIpc) is 3.26. The molecule has 1 amide bonds. The lowest BCUT2D eigenvalue weighted by atomic mass is 10.1. The van der Waals surface area contributed by atoms with E-state index < -0.39 is 0 Å². The van der Waals surface area contributed by atoms with Gasteiger partial charge in [-0.25, -0.2) is 0 Å². The van der Waals surface area contributed by atoms with E-state index in [9.17, 15) is 9.59 Å². The second-order valence-electron chi connectivity index (χ2n) is 7.34. The van der Waals surface area contributed by atoms with Gasteiger partial charge in [0.05, 0.1) is 20.8 Å². The molecule has 0 atom stereocenters. The van der Waals surface area contributed by atoms with E-state index in [4.69, 9.17) is 14.2 Å². The molecule has 1 N–H and O–H groups in total. The monoisotopic (exact) mass is 423 g/mol. The number of rotatable bonds is 6. The SMILES string of the molecule is COc1ccc(C(=O)N2CCN(CC(=O)Oc3ccc4[nH]ccc4c3)CC2)cc1OC. The number of nitrogens with one attached hydrogen (secondary N) is 1. The van der Waals surface area contributed by atoms with Crippen LogP contribution in [0.4, 0.5) is 0 Å². The number of benzene rings is 2. The average molecular weight is 423 g/mol. The third-order valence-electron chi connectivity index (χ3n) is 5.40. The number of carbonyl (C=O) groups is 2. The Morgan fingerprint density at radius 2 is 1.71 bits per heavy atom. The Kier molecular flexibility index (Phi) is 6.08. The number of amides is 1. The zero-order valence-corrected chi connectivity index (χ0v) is 17.6. The van der Waals surface area contributed by atoms with E-state index in [0.29, 0.717) is 49.0 Å². The molecule has 8 nitrogen and oxygen atoms in total. The van der Waals surface area contributed by atoms with Crippen LogP contribution >= 0.6 is 0 Å². The molecule has 1 aliphatic rings. The molecule has 1 fully saturated rings. The van der Waals surface area contributed by atoms with Crippen molar-refractivity contribution in [3.8, 4) is 17.2 Å². The van der Waals surface area contributed by atoms with Crippen molar-refractivity contribution in [3.05, 3.63) is 54.2 Å². The number of fused-ring (bicyclic) bond motifs is 1. The van der Waals surface area contributed by atoms with Crippen LogP contribution in [-0.2, 0) is 4.79 Å². The Bertz CT molecular complexity index is 1090. The van der Waals surface area contributed by atoms with Crippen LogP contribution < -0.4 is 14.2 Å². The molecule has 1 aromatic heterocycles. The summed E-state index contributed by atoms with van der Waals surface area (Å²) in [4.78, 5) is 32.1. The van der Waals surface area contributed by atoms with E-state index in [1.54, 1.807) is 43.4 Å². The minimum atomic E-state index is -0.311. The Hall–Kier alpha value is -3.52. The number of aromatic nitrogens is 1. The smallest absolute Gasteiger partial charge is 0.325 e. The first kappa shape index (κ1) is 20.7. The molecule has 3 aromatic rings. The lowest BCUT2D eigenvalue weighted by Crippen LogP contribution is -2.50. The summed E-state index contributed by atoms with van der Waals surface area (Å²) in [6, 6.07) is 12.6. The number of nitrogens with zero attached hydrogens (tertiary/aromatic N) is 2. The standard InChI is InChI=1S/C23H25N3O5/c1-29-20-6-3-17(14-21(20)30-2)23(28)26-11-9-25(10-12-26)15-22(27)31-18-4-5-19-16(13-18)7-8-24-19/h3-8,13-14,24H,9-12,15H2,1-2H3. The molecule has 0 saturated carbocycles. The van der Waals surface area contributed by atoms with Crippen molar-refractivity contribution in [2.24, 2.45) is 0 Å². The van der Waals surface area contributed by atoms with Crippen molar-refractivity contribution in [2.75, 3.05) is 46.9 Å². The minimum Gasteiger partial charge on any atom is -0.493 e. The van der Waals surface area contributed by atoms with Gasteiger partial charge in [-0.05, 0) is 42.5 Å². The van der Waals surface area contributed by atoms with Gasteiger partial charge in [-0.1, -0.05) is 0 Å². The predicted molar refractivity (Wildman–Crippen MR) is 116 cm³/mol. The molecule has 0 aliphatic carbocycles. The van der Waals surface area contributed by atoms with Gasteiger partial charge >= 0.3 is 5.97 Å². The second-order valence-corrected chi connectivity index (χ2v) is 7.34. The van der Waals surface area contributed by atoms with Gasteiger partial charge in [0.15, 0.2) is 11.5 Å². The summed E-state index contributed by atoms with van der Waals surface area (Å²) in [7, 11) is 3.10. The van der Waals surface area contributed by atoms with Crippen molar-refractivity contribution >= 4 is 22.8 Å². The number of esters is 1. The molecule has 1 aliphatic heterocycles. The van der Waals surface area contributed by atoms with Crippen LogP contribution in [0.5, 0.6) is 17.2 Å². The fourth-order valence-corrected chi connectivity index (χ4v) is 3.70. The normalized spacial score (nSPS) is 14.5. The van der Waals surface area contributed by atoms with E-state index in [-0.39, 0.29) is 18.4 Å². The summed E-state index contributed by atoms with van der Waals surface area (Å²) >= 11 is 0. The largest absolute Gasteiger partial charge is 0.493 e. The van der Waals surface area contributed by atoms with Gasteiger partial charge in [-0.2, -0.15) is 0 Å². The van der Waals surface area contributed by atoms with Crippen LogP contribution in [0, 0.1) is 0 Å². The van der Waals surface area contributed by atoms with Crippen molar-refractivity contribution in [1.29, 1.82) is 0 Å². The van der Waals surface area contributed by atoms with Gasteiger partial charge in [0.25, 0.3) is 5.91 Å². The molecule has 0 bridgehead atoms. The number of hydrogen-bond donors (Lipinski definition) is 1. The van der Waals surface area contributed by atoms with Gasteiger partial charge in [-0.15, -0.1) is 0 Å². The molecule has 0 spiro atoms. The number of piperazine rings is 1. The minimum absolute atomic E-state index is 0.0667. The van der Waals surface area contributed by atoms with E-state index in [1.165, 1.54) is 0 Å². The highest BCUT2D eigenvalue weighted by atomic mass is 16.5. The third-order valence-corrected chi connectivity index (χ3v) is 5.40. The van der Waals surface area contributed by atoms with Crippen LogP contribution in [0.2, 0.25) is 0 Å². The lowest BCUT2D eigenvalue weighted by Gasteiger charge is -2.34. The Morgan fingerprint density at radius 3 is 2.45 bits per heavy atom. The molecular formula is C23H25N3O5. The molecule has 8 heteroatoms. The van der Waals surface area contributed by atoms with Crippen LogP contribution in [0.15, 0.2) is 48.7 Å². The van der Waals surface area contributed by atoms with Crippen molar-refractivity contribution in [2.45, 2.75) is 0 Å². The number of methoxy groups -OCH3 is 2. The number of hydrogen-bond acceptors (Lipinski definition) is 6. The molecular weight excluding hydrogens is 398 g/mol. The number of aromatic amines is 1. The summed E-state index contributed by atoms with van der Waals surface area (Å²) in [5, 5.41) is 0.993. The topological polar surface area (TPSA) is 84.1 Å². The molecule has 2 heterocycles. The van der Waals surface area contributed by atoms with Gasteiger partial charge in [0.1, 0.15) is 5.75 Å². The molecule has 0 unspecified atom stereocenters. The zero-order chi connectivity index (χ0) is 21.8. The molecule has 1 saturated heterocycles. The first-order valence-electron chi connectivity index (χ1n) is 10.1. The summed E-state index contributed by atoms with van der Waals surface area (Å²) in [6.45, 7) is 2.46. The molecule has 31 heavy (non-hydrogen) atoms. The number of ether oxygens (including phenoxy) is 3. The van der Waals surface area contributed by atoms with Crippen LogP contribution in [0.1, 0.15) is 10.4 Å². The fourth-order valence-electron chi connectivity index (χ4n) is 3.70. The van der Waals surface area contributed by atoms with Crippen molar-refractivity contribution < 1.29 is 23.8 Å². The number of H-pyrrole nitrogens is 1. The van der Waals surface area contributed by atoms with Crippen LogP contribution in [0.3, 0.4) is 0 Å². The van der Waals surface area contributed by atoms with Crippen LogP contribution in [0.25, 0.3) is 10.9 Å². The lowest BCUT2D eigenvalue weighted by molar-refractivity contribution is -0.136. The zero-order valence-electron chi connectivity index (χ0n) is 17.6. The van der Waals surface area contributed by atoms with Crippen LogP contribution in [-0.4, -0.2) is 73.6 Å². The summed E-state index contributed by atoms with van der Waals surface area (Å²) in [5.41, 5.74) is 1.54. The molecule has 0 radical (unpaired) electrons. The van der Waals surface area contributed by atoms with Crippen molar-refractivity contribution in [3.63, 3.8) is 0 Å². The van der Waals surface area contributed by atoms with Gasteiger partial charge in [-0.3, -0.25) is 14.5 Å². The highest BCUT2D eigenvalue weighted by molar-refractivity contribution is 5.95. The first-order chi connectivity index (χ1) is 15.1. The highest BCUT2D eigenvalue weighted by Crippen LogP contribution is 2.28. The summed E-state index contributed by atoms with van der Waals surface area (Å²) in [5.74, 6) is 1.25. The van der Waals surface area contributed by atoms with Gasteiger partial charge < -0.3 is 24.1 Å². The Labute approximate surface area is 180 Å². The second kappa shape index (κ2) is 9.09. The number of carbonyl (C=O) groups excluding carboxylic acids is 2. The molecule has 4 rings (SSSR count). The third kappa shape index (κ3) is 4.64. The van der Waals surface area contributed by atoms with E-state index in [1.807, 2.05) is 29.3 Å². The fraction of sp³-hybridized carbons (Fsp3) is 0.304. The first-order valence-corrected chi connectivity index (χ1v) is 10.1. The van der Waals surface area contributed by atoms with E-state index in [2.05, 4.69) is 4.98 Å². The van der Waals surface area contributed by atoms with E-state index in [0.717, 1.165) is 10.9 Å².